The fourth-order valence-electron chi connectivity index (χ4n) is 2.25. The summed E-state index contributed by atoms with van der Waals surface area (Å²) >= 11 is 0. The van der Waals surface area contributed by atoms with E-state index in [2.05, 4.69) is 50.4 Å². The summed E-state index contributed by atoms with van der Waals surface area (Å²) in [6.07, 6.45) is 3.58. The van der Waals surface area contributed by atoms with Crippen LogP contribution in [0.3, 0.4) is 0 Å². The molecule has 1 aliphatic heterocycles. The summed E-state index contributed by atoms with van der Waals surface area (Å²) in [5, 5.41) is 3.25. The van der Waals surface area contributed by atoms with E-state index in [1.54, 1.807) is 6.08 Å². The summed E-state index contributed by atoms with van der Waals surface area (Å²) in [7, 11) is 0. The molecule has 0 aromatic heterocycles. The monoisotopic (exact) mass is 272 g/mol. The molecule has 0 spiro atoms. The molecule has 20 heavy (non-hydrogen) atoms. The van der Waals surface area contributed by atoms with Crippen molar-refractivity contribution in [2.45, 2.75) is 26.2 Å². The number of piperazine rings is 1. The first-order chi connectivity index (χ1) is 9.47. The van der Waals surface area contributed by atoms with E-state index >= 15 is 0 Å². The number of hydrogen-bond donors (Lipinski definition) is 1. The Labute approximate surface area is 121 Å². The third-order valence-corrected chi connectivity index (χ3v) is 3.62. The van der Waals surface area contributed by atoms with Crippen molar-refractivity contribution >= 4 is 12.0 Å². The van der Waals surface area contributed by atoms with Crippen LogP contribution in [0.1, 0.15) is 31.9 Å². The van der Waals surface area contributed by atoms with Gasteiger partial charge in [0.25, 0.3) is 0 Å². The highest BCUT2D eigenvalue weighted by Crippen LogP contribution is 2.22. The van der Waals surface area contributed by atoms with E-state index in [0.29, 0.717) is 0 Å². The Balaban J connectivity index is 1.98. The van der Waals surface area contributed by atoms with Crippen LogP contribution >= 0.6 is 0 Å². The summed E-state index contributed by atoms with van der Waals surface area (Å²) in [5.41, 5.74) is 2.54. The maximum atomic E-state index is 12.0. The summed E-state index contributed by atoms with van der Waals surface area (Å²) in [5.74, 6) is 0.103. The lowest BCUT2D eigenvalue weighted by Crippen LogP contribution is -2.45. The minimum atomic E-state index is 0.103. The lowest BCUT2D eigenvalue weighted by atomic mass is 9.87. The number of carbonyl (C=O) groups excluding carboxylic acids is 1. The number of rotatable bonds is 2. The van der Waals surface area contributed by atoms with Crippen LogP contribution in [0.25, 0.3) is 6.08 Å². The highest BCUT2D eigenvalue weighted by molar-refractivity contribution is 5.91. The number of hydrogen-bond acceptors (Lipinski definition) is 2. The molecule has 1 fully saturated rings. The van der Waals surface area contributed by atoms with Gasteiger partial charge in [0.1, 0.15) is 0 Å². The normalized spacial score (nSPS) is 16.6. The molecule has 1 aromatic carbocycles. The molecule has 0 aliphatic carbocycles. The molecular formula is C17H24N2O. The van der Waals surface area contributed by atoms with Gasteiger partial charge in [-0.25, -0.2) is 0 Å². The number of benzene rings is 1. The van der Waals surface area contributed by atoms with E-state index in [0.717, 1.165) is 31.7 Å². The van der Waals surface area contributed by atoms with Gasteiger partial charge in [0.05, 0.1) is 0 Å². The van der Waals surface area contributed by atoms with Crippen molar-refractivity contribution in [2.24, 2.45) is 0 Å². The van der Waals surface area contributed by atoms with Crippen LogP contribution < -0.4 is 5.32 Å². The molecule has 0 bridgehead atoms. The lowest BCUT2D eigenvalue weighted by molar-refractivity contribution is -0.126. The Hall–Kier alpha value is -1.61. The zero-order chi connectivity index (χ0) is 14.6. The van der Waals surface area contributed by atoms with Crippen LogP contribution in [0, 0.1) is 0 Å². The zero-order valence-electron chi connectivity index (χ0n) is 12.6. The van der Waals surface area contributed by atoms with Crippen LogP contribution in [0.4, 0.5) is 0 Å². The lowest BCUT2D eigenvalue weighted by Gasteiger charge is -2.26. The highest BCUT2D eigenvalue weighted by atomic mass is 16.2. The first-order valence-electron chi connectivity index (χ1n) is 7.25. The second-order valence-electron chi connectivity index (χ2n) is 6.28. The Morgan fingerprint density at radius 1 is 1.15 bits per heavy atom. The molecule has 108 valence electrons. The van der Waals surface area contributed by atoms with Crippen molar-refractivity contribution in [3.63, 3.8) is 0 Å². The Kier molecular flexibility index (Phi) is 4.61. The second kappa shape index (κ2) is 6.23. The summed E-state index contributed by atoms with van der Waals surface area (Å²) < 4.78 is 0. The first-order valence-corrected chi connectivity index (χ1v) is 7.25. The van der Waals surface area contributed by atoms with Gasteiger partial charge in [-0.3, -0.25) is 4.79 Å². The van der Waals surface area contributed by atoms with E-state index in [4.69, 9.17) is 0 Å². The minimum absolute atomic E-state index is 0.103. The van der Waals surface area contributed by atoms with Gasteiger partial charge >= 0.3 is 0 Å². The number of carbonyl (C=O) groups is 1. The first kappa shape index (κ1) is 14.8. The van der Waals surface area contributed by atoms with E-state index < -0.39 is 0 Å². The van der Waals surface area contributed by atoms with Crippen molar-refractivity contribution in [3.8, 4) is 0 Å². The number of nitrogens with one attached hydrogen (secondary N) is 1. The summed E-state index contributed by atoms with van der Waals surface area (Å²) in [6.45, 7) is 9.97. The molecule has 3 nitrogen and oxygen atoms in total. The number of amides is 1. The predicted molar refractivity (Wildman–Crippen MR) is 83.6 cm³/mol. The topological polar surface area (TPSA) is 32.3 Å². The SMILES string of the molecule is CC(C)(C)c1ccc(/C=C/C(=O)N2CCNCC2)cc1. The van der Waals surface area contributed by atoms with Gasteiger partial charge in [-0.2, -0.15) is 0 Å². The third-order valence-electron chi connectivity index (χ3n) is 3.62. The fraction of sp³-hybridized carbons (Fsp3) is 0.471. The van der Waals surface area contributed by atoms with Crippen LogP contribution in [0.5, 0.6) is 0 Å². The van der Waals surface area contributed by atoms with E-state index in [-0.39, 0.29) is 11.3 Å². The van der Waals surface area contributed by atoms with Gasteiger partial charge in [-0.1, -0.05) is 45.0 Å². The van der Waals surface area contributed by atoms with E-state index in [1.165, 1.54) is 5.56 Å². The van der Waals surface area contributed by atoms with Crippen LogP contribution in [-0.2, 0) is 10.2 Å². The van der Waals surface area contributed by atoms with Crippen LogP contribution in [0.2, 0.25) is 0 Å². The van der Waals surface area contributed by atoms with Gasteiger partial charge < -0.3 is 10.2 Å². The Morgan fingerprint density at radius 3 is 2.30 bits per heavy atom. The van der Waals surface area contributed by atoms with Crippen molar-refractivity contribution in [2.75, 3.05) is 26.2 Å². The smallest absolute Gasteiger partial charge is 0.246 e. The van der Waals surface area contributed by atoms with Crippen molar-refractivity contribution in [3.05, 3.63) is 41.5 Å². The maximum absolute atomic E-state index is 12.0. The van der Waals surface area contributed by atoms with Crippen molar-refractivity contribution < 1.29 is 4.79 Å². The molecule has 0 saturated carbocycles. The summed E-state index contributed by atoms with van der Waals surface area (Å²) in [4.78, 5) is 13.9. The Bertz CT molecular complexity index is 477. The second-order valence-corrected chi connectivity index (χ2v) is 6.28. The molecule has 0 unspecified atom stereocenters. The molecule has 1 N–H and O–H groups in total. The minimum Gasteiger partial charge on any atom is -0.337 e. The van der Waals surface area contributed by atoms with Gasteiger partial charge in [-0.15, -0.1) is 0 Å². The van der Waals surface area contributed by atoms with Crippen molar-refractivity contribution in [1.82, 2.24) is 10.2 Å². The average Bonchev–Trinajstić information content (AvgIpc) is 2.45. The van der Waals surface area contributed by atoms with Crippen LogP contribution in [-0.4, -0.2) is 37.0 Å². The van der Waals surface area contributed by atoms with Gasteiger partial charge in [-0.05, 0) is 22.6 Å². The molecule has 1 aromatic rings. The molecular weight excluding hydrogens is 248 g/mol. The van der Waals surface area contributed by atoms with Crippen LogP contribution in [0.15, 0.2) is 30.3 Å². The fourth-order valence-corrected chi connectivity index (χ4v) is 2.25. The summed E-state index contributed by atoms with van der Waals surface area (Å²) in [6, 6.07) is 8.41. The quantitative estimate of drug-likeness (QED) is 0.839. The van der Waals surface area contributed by atoms with Gasteiger partial charge in [0, 0.05) is 32.3 Å². The molecule has 1 saturated heterocycles. The third kappa shape index (κ3) is 3.94. The zero-order valence-corrected chi connectivity index (χ0v) is 12.6. The van der Waals surface area contributed by atoms with Gasteiger partial charge in [0.15, 0.2) is 0 Å². The van der Waals surface area contributed by atoms with E-state index in [9.17, 15) is 4.79 Å². The standard InChI is InChI=1S/C17H24N2O/c1-17(2,3)15-7-4-14(5-8-15)6-9-16(20)19-12-10-18-11-13-19/h4-9,18H,10-13H2,1-3H3/b9-6+. The maximum Gasteiger partial charge on any atom is 0.246 e. The van der Waals surface area contributed by atoms with Gasteiger partial charge in [0.2, 0.25) is 5.91 Å². The van der Waals surface area contributed by atoms with Crippen molar-refractivity contribution in [1.29, 1.82) is 0 Å². The predicted octanol–water partition coefficient (Wildman–Crippen LogP) is 2.43. The highest BCUT2D eigenvalue weighted by Gasteiger charge is 2.14. The molecule has 0 radical (unpaired) electrons. The average molecular weight is 272 g/mol. The molecule has 1 amide bonds. The van der Waals surface area contributed by atoms with E-state index in [1.807, 2.05) is 11.0 Å². The molecule has 1 aliphatic rings. The molecule has 2 rings (SSSR count). The molecule has 3 heteroatoms. The molecule has 0 atom stereocenters. The molecule has 1 heterocycles. The number of nitrogens with zero attached hydrogens (tertiary/aromatic N) is 1. The Morgan fingerprint density at radius 2 is 1.75 bits per heavy atom. The largest absolute Gasteiger partial charge is 0.337 e.